The zero-order valence-electron chi connectivity index (χ0n) is 6.96. The van der Waals surface area contributed by atoms with E-state index in [1.165, 1.54) is 0 Å². The van der Waals surface area contributed by atoms with Gasteiger partial charge in [0.25, 0.3) is 5.56 Å². The number of aromatic amines is 2. The summed E-state index contributed by atoms with van der Waals surface area (Å²) in [6.45, 7) is 0. The fourth-order valence-electron chi connectivity index (χ4n) is 1.82. The van der Waals surface area contributed by atoms with Crippen LogP contribution in [-0.4, -0.2) is 21.3 Å². The molecule has 2 rings (SSSR count). The van der Waals surface area contributed by atoms with E-state index in [2.05, 4.69) is 10.2 Å². The second-order valence-electron chi connectivity index (χ2n) is 3.25. The van der Waals surface area contributed by atoms with Crippen molar-refractivity contribution in [3.8, 4) is 0 Å². The highest BCUT2D eigenvalue weighted by Crippen LogP contribution is 2.27. The number of H-pyrrole nitrogens is 2. The molecule has 3 N–H and O–H groups in total. The Labute approximate surface area is 73.8 Å². The monoisotopic (exact) mass is 182 g/mol. The van der Waals surface area contributed by atoms with Crippen LogP contribution < -0.4 is 5.56 Å². The average molecular weight is 182 g/mol. The molecule has 0 aromatic carbocycles. The molecule has 0 saturated heterocycles. The summed E-state index contributed by atoms with van der Waals surface area (Å²) in [5.74, 6) is -1.40. The van der Waals surface area contributed by atoms with Crippen LogP contribution >= 0.6 is 0 Å². The van der Waals surface area contributed by atoms with Crippen molar-refractivity contribution >= 4 is 5.97 Å². The number of hydrogen-bond acceptors (Lipinski definition) is 2. The zero-order chi connectivity index (χ0) is 9.42. The van der Waals surface area contributed by atoms with Crippen LogP contribution in [0.2, 0.25) is 0 Å². The summed E-state index contributed by atoms with van der Waals surface area (Å²) in [7, 11) is 0. The molecule has 1 aromatic heterocycles. The summed E-state index contributed by atoms with van der Waals surface area (Å²) in [6.07, 6.45) is 2.05. The molecule has 0 amide bonds. The number of rotatable bonds is 1. The van der Waals surface area contributed by atoms with Crippen molar-refractivity contribution in [1.82, 2.24) is 10.2 Å². The summed E-state index contributed by atoms with van der Waals surface area (Å²) in [5, 5.41) is 13.9. The third-order valence-electron chi connectivity index (χ3n) is 2.48. The predicted molar refractivity (Wildman–Crippen MR) is 44.7 cm³/mol. The van der Waals surface area contributed by atoms with Gasteiger partial charge in [-0.3, -0.25) is 14.7 Å². The third kappa shape index (κ3) is 1.16. The van der Waals surface area contributed by atoms with Gasteiger partial charge in [0.15, 0.2) is 0 Å². The van der Waals surface area contributed by atoms with Gasteiger partial charge in [-0.1, -0.05) is 0 Å². The van der Waals surface area contributed by atoms with E-state index in [0.29, 0.717) is 24.1 Å². The van der Waals surface area contributed by atoms with Crippen LogP contribution in [0.3, 0.4) is 0 Å². The SMILES string of the molecule is O=C(O)C1CCCc2c1[nH][nH]c2=O. The number of aromatic nitrogens is 2. The molecule has 5 nitrogen and oxygen atoms in total. The number of aliphatic carboxylic acids is 1. The van der Waals surface area contributed by atoms with Crippen molar-refractivity contribution in [2.45, 2.75) is 25.2 Å². The lowest BCUT2D eigenvalue weighted by Crippen LogP contribution is -2.20. The van der Waals surface area contributed by atoms with Crippen molar-refractivity contribution in [3.63, 3.8) is 0 Å². The second-order valence-corrected chi connectivity index (χ2v) is 3.25. The quantitative estimate of drug-likeness (QED) is 0.580. The number of carboxylic acid groups (broad SMARTS) is 1. The lowest BCUT2D eigenvalue weighted by atomic mass is 9.88. The first kappa shape index (κ1) is 8.10. The van der Waals surface area contributed by atoms with Crippen LogP contribution in [0.25, 0.3) is 0 Å². The molecular formula is C8H10N2O3. The lowest BCUT2D eigenvalue weighted by Gasteiger charge is -2.16. The molecule has 1 atom stereocenters. The summed E-state index contributed by atoms with van der Waals surface area (Å²) in [6, 6.07) is 0. The van der Waals surface area contributed by atoms with E-state index < -0.39 is 11.9 Å². The van der Waals surface area contributed by atoms with Gasteiger partial charge < -0.3 is 10.2 Å². The van der Waals surface area contributed by atoms with E-state index in [0.717, 1.165) is 6.42 Å². The van der Waals surface area contributed by atoms with Gasteiger partial charge in [0.1, 0.15) is 0 Å². The van der Waals surface area contributed by atoms with Gasteiger partial charge in [0, 0.05) is 5.56 Å². The third-order valence-corrected chi connectivity index (χ3v) is 2.48. The maximum atomic E-state index is 11.2. The Morgan fingerprint density at radius 1 is 1.46 bits per heavy atom. The molecular weight excluding hydrogens is 172 g/mol. The number of hydrogen-bond donors (Lipinski definition) is 3. The van der Waals surface area contributed by atoms with Crippen LogP contribution in [0.5, 0.6) is 0 Å². The molecule has 1 aliphatic carbocycles. The van der Waals surface area contributed by atoms with Crippen molar-refractivity contribution < 1.29 is 9.90 Å². The molecule has 1 aromatic rings. The topological polar surface area (TPSA) is 85.9 Å². The molecule has 0 spiro atoms. The first-order chi connectivity index (χ1) is 6.20. The minimum atomic E-state index is -0.865. The molecule has 5 heteroatoms. The van der Waals surface area contributed by atoms with Crippen LogP contribution in [-0.2, 0) is 11.2 Å². The van der Waals surface area contributed by atoms with Crippen molar-refractivity contribution in [2.24, 2.45) is 0 Å². The van der Waals surface area contributed by atoms with Gasteiger partial charge in [0.05, 0.1) is 11.6 Å². The Kier molecular flexibility index (Phi) is 1.72. The largest absolute Gasteiger partial charge is 0.481 e. The lowest BCUT2D eigenvalue weighted by molar-refractivity contribution is -0.139. The fraction of sp³-hybridized carbons (Fsp3) is 0.500. The summed E-state index contributed by atoms with van der Waals surface area (Å²) >= 11 is 0. The second kappa shape index (κ2) is 2.76. The van der Waals surface area contributed by atoms with Crippen molar-refractivity contribution in [1.29, 1.82) is 0 Å². The molecule has 0 fully saturated rings. The van der Waals surface area contributed by atoms with Crippen molar-refractivity contribution in [3.05, 3.63) is 21.6 Å². The van der Waals surface area contributed by atoms with Gasteiger partial charge in [0.2, 0.25) is 0 Å². The average Bonchev–Trinajstić information content (AvgIpc) is 2.48. The normalized spacial score (nSPS) is 21.1. The van der Waals surface area contributed by atoms with Gasteiger partial charge in [-0.25, -0.2) is 0 Å². The molecule has 70 valence electrons. The number of fused-ring (bicyclic) bond motifs is 1. The molecule has 0 bridgehead atoms. The predicted octanol–water partition coefficient (Wildman–Crippen LogP) is 0.208. The highest BCUT2D eigenvalue weighted by molar-refractivity contribution is 5.76. The molecule has 1 unspecified atom stereocenters. The number of carbonyl (C=O) groups is 1. The molecule has 0 radical (unpaired) electrons. The van der Waals surface area contributed by atoms with Gasteiger partial charge in [-0.15, -0.1) is 0 Å². The summed E-state index contributed by atoms with van der Waals surface area (Å²) in [4.78, 5) is 21.9. The minimum absolute atomic E-state index is 0.180. The molecule has 0 aliphatic heterocycles. The van der Waals surface area contributed by atoms with E-state index in [1.807, 2.05) is 0 Å². The standard InChI is InChI=1S/C8H10N2O3/c11-7-4-2-1-3-5(8(12)13)6(4)9-10-7/h5H,1-3H2,(H,12,13)(H2,9,10,11). The van der Waals surface area contributed by atoms with Gasteiger partial charge >= 0.3 is 5.97 Å². The minimum Gasteiger partial charge on any atom is -0.481 e. The Hall–Kier alpha value is -1.52. The van der Waals surface area contributed by atoms with Gasteiger partial charge in [-0.2, -0.15) is 0 Å². The van der Waals surface area contributed by atoms with Crippen LogP contribution in [0.1, 0.15) is 30.0 Å². The van der Waals surface area contributed by atoms with Crippen LogP contribution in [0.4, 0.5) is 0 Å². The smallest absolute Gasteiger partial charge is 0.312 e. The first-order valence-corrected chi connectivity index (χ1v) is 4.22. The first-order valence-electron chi connectivity index (χ1n) is 4.22. The number of carboxylic acids is 1. The summed E-state index contributed by atoms with van der Waals surface area (Å²) < 4.78 is 0. The van der Waals surface area contributed by atoms with E-state index in [9.17, 15) is 9.59 Å². The Balaban J connectivity index is 2.49. The van der Waals surface area contributed by atoms with Crippen LogP contribution in [0, 0.1) is 0 Å². The van der Waals surface area contributed by atoms with E-state index in [1.54, 1.807) is 0 Å². The van der Waals surface area contributed by atoms with E-state index in [4.69, 9.17) is 5.11 Å². The molecule has 1 heterocycles. The maximum Gasteiger partial charge on any atom is 0.312 e. The Bertz CT molecular complexity index is 390. The van der Waals surface area contributed by atoms with E-state index in [-0.39, 0.29) is 5.56 Å². The Morgan fingerprint density at radius 2 is 2.23 bits per heavy atom. The summed E-state index contributed by atoms with van der Waals surface area (Å²) in [5.41, 5.74) is 0.989. The highest BCUT2D eigenvalue weighted by Gasteiger charge is 2.29. The zero-order valence-corrected chi connectivity index (χ0v) is 6.96. The Morgan fingerprint density at radius 3 is 2.92 bits per heavy atom. The van der Waals surface area contributed by atoms with Crippen molar-refractivity contribution in [2.75, 3.05) is 0 Å². The molecule has 13 heavy (non-hydrogen) atoms. The maximum absolute atomic E-state index is 11.2. The van der Waals surface area contributed by atoms with Gasteiger partial charge in [-0.05, 0) is 19.3 Å². The fourth-order valence-corrected chi connectivity index (χ4v) is 1.82. The van der Waals surface area contributed by atoms with E-state index >= 15 is 0 Å². The number of nitrogens with one attached hydrogen (secondary N) is 2. The van der Waals surface area contributed by atoms with Crippen LogP contribution in [0.15, 0.2) is 4.79 Å². The molecule has 1 aliphatic rings. The highest BCUT2D eigenvalue weighted by atomic mass is 16.4. The molecule has 0 saturated carbocycles.